The number of carbonyl (C=O) groups is 2. The highest BCUT2D eigenvalue weighted by molar-refractivity contribution is 8.14. The Bertz CT molecular complexity index is 1520. The van der Waals surface area contributed by atoms with Crippen LogP contribution in [0, 0.1) is 6.92 Å². The number of fused-ring (bicyclic) bond motifs is 1. The molecule has 0 aromatic heterocycles. The molecular formula is C27H19ClF3N3O4S. The number of amidine groups is 1. The number of anilines is 2. The van der Waals surface area contributed by atoms with E-state index in [1.54, 1.807) is 36.4 Å². The van der Waals surface area contributed by atoms with E-state index in [4.69, 9.17) is 21.1 Å². The zero-order valence-corrected chi connectivity index (χ0v) is 21.8. The zero-order chi connectivity index (χ0) is 27.7. The van der Waals surface area contributed by atoms with Gasteiger partial charge >= 0.3 is 6.18 Å². The van der Waals surface area contributed by atoms with E-state index < -0.39 is 23.6 Å². The molecule has 2 heterocycles. The predicted octanol–water partition coefficient (Wildman–Crippen LogP) is 6.51. The third-order valence-corrected chi connectivity index (χ3v) is 6.99. The maximum atomic E-state index is 13.4. The maximum Gasteiger partial charge on any atom is 0.416 e. The highest BCUT2D eigenvalue weighted by Gasteiger charge is 2.33. The minimum Gasteiger partial charge on any atom is -0.454 e. The van der Waals surface area contributed by atoms with Gasteiger partial charge in [0.15, 0.2) is 16.7 Å². The van der Waals surface area contributed by atoms with Gasteiger partial charge < -0.3 is 14.8 Å². The number of nitrogens with one attached hydrogen (secondary N) is 1. The number of ether oxygens (including phenoxy) is 2. The molecule has 3 aromatic rings. The van der Waals surface area contributed by atoms with Gasteiger partial charge in [0.25, 0.3) is 5.91 Å². The van der Waals surface area contributed by atoms with Crippen molar-refractivity contribution in [2.75, 3.05) is 22.8 Å². The SMILES string of the molecule is Cc1ccc(N2C(=O)/C(=C\c3ccc4c(c3)OCO4)N=C2SCC(=O)Nc2cc(C(F)(F)F)ccc2Cl)cc1. The first kappa shape index (κ1) is 26.6. The van der Waals surface area contributed by atoms with E-state index in [-0.39, 0.29) is 34.1 Å². The van der Waals surface area contributed by atoms with Gasteiger partial charge in [-0.3, -0.25) is 14.5 Å². The predicted molar refractivity (Wildman–Crippen MR) is 144 cm³/mol. The minimum absolute atomic E-state index is 0.0371. The van der Waals surface area contributed by atoms with Crippen molar-refractivity contribution >= 4 is 57.8 Å². The van der Waals surface area contributed by atoms with Gasteiger partial charge in [0.1, 0.15) is 5.70 Å². The van der Waals surface area contributed by atoms with Crippen LogP contribution in [0.5, 0.6) is 11.5 Å². The molecule has 7 nitrogen and oxygen atoms in total. The van der Waals surface area contributed by atoms with Crippen molar-refractivity contribution in [1.29, 1.82) is 0 Å². The van der Waals surface area contributed by atoms with E-state index in [1.165, 1.54) is 4.90 Å². The molecule has 0 bridgehead atoms. The molecule has 12 heteroatoms. The molecular weight excluding hydrogens is 555 g/mol. The fraction of sp³-hybridized carbons (Fsp3) is 0.148. The Labute approximate surface area is 230 Å². The Morgan fingerprint density at radius 3 is 2.59 bits per heavy atom. The zero-order valence-electron chi connectivity index (χ0n) is 20.2. The summed E-state index contributed by atoms with van der Waals surface area (Å²) in [5, 5.41) is 2.60. The van der Waals surface area contributed by atoms with Crippen molar-refractivity contribution < 1.29 is 32.2 Å². The number of thioether (sulfide) groups is 1. The van der Waals surface area contributed by atoms with Gasteiger partial charge in [-0.15, -0.1) is 0 Å². The van der Waals surface area contributed by atoms with Crippen molar-refractivity contribution in [2.45, 2.75) is 13.1 Å². The Balaban J connectivity index is 1.38. The summed E-state index contributed by atoms with van der Waals surface area (Å²) in [6, 6.07) is 15.1. The average Bonchev–Trinajstić information content (AvgIpc) is 3.48. The summed E-state index contributed by atoms with van der Waals surface area (Å²) in [5.74, 6) is -0.108. The van der Waals surface area contributed by atoms with Crippen molar-refractivity contribution in [3.8, 4) is 11.5 Å². The topological polar surface area (TPSA) is 80.2 Å². The molecule has 0 saturated carbocycles. The van der Waals surface area contributed by atoms with Crippen LogP contribution in [0.4, 0.5) is 24.5 Å². The molecule has 2 aliphatic rings. The maximum absolute atomic E-state index is 13.4. The number of amides is 2. The summed E-state index contributed by atoms with van der Waals surface area (Å²) >= 11 is 6.96. The van der Waals surface area contributed by atoms with E-state index >= 15 is 0 Å². The number of alkyl halides is 3. The number of hydrogen-bond donors (Lipinski definition) is 1. The second kappa shape index (κ2) is 10.7. The first-order valence-corrected chi connectivity index (χ1v) is 12.9. The molecule has 2 aliphatic heterocycles. The van der Waals surface area contributed by atoms with Crippen LogP contribution in [0.2, 0.25) is 5.02 Å². The smallest absolute Gasteiger partial charge is 0.416 e. The monoisotopic (exact) mass is 573 g/mol. The van der Waals surface area contributed by atoms with Gasteiger partial charge in [0.05, 0.1) is 27.7 Å². The summed E-state index contributed by atoms with van der Waals surface area (Å²) in [4.78, 5) is 31.9. The van der Waals surface area contributed by atoms with Crippen LogP contribution < -0.4 is 19.7 Å². The van der Waals surface area contributed by atoms with Gasteiger partial charge in [-0.25, -0.2) is 4.99 Å². The second-order valence-corrected chi connectivity index (χ2v) is 9.89. The first-order valence-electron chi connectivity index (χ1n) is 11.5. The number of halogens is 4. The van der Waals surface area contributed by atoms with Crippen molar-refractivity contribution in [3.05, 3.63) is 88.1 Å². The lowest BCUT2D eigenvalue weighted by Crippen LogP contribution is -2.31. The molecule has 200 valence electrons. The molecule has 0 radical (unpaired) electrons. The van der Waals surface area contributed by atoms with E-state index in [0.29, 0.717) is 22.7 Å². The summed E-state index contributed by atoms with van der Waals surface area (Å²) in [6.45, 7) is 2.02. The lowest BCUT2D eigenvalue weighted by atomic mass is 10.1. The normalized spacial score (nSPS) is 15.6. The largest absolute Gasteiger partial charge is 0.454 e. The Hall–Kier alpha value is -3.96. The molecule has 1 N–H and O–H groups in total. The number of aryl methyl sites for hydroxylation is 1. The molecule has 0 fully saturated rings. The molecule has 5 rings (SSSR count). The van der Waals surface area contributed by atoms with Gasteiger partial charge in [-0.1, -0.05) is 47.1 Å². The number of hydrogen-bond acceptors (Lipinski definition) is 6. The van der Waals surface area contributed by atoms with Crippen LogP contribution in [-0.4, -0.2) is 29.5 Å². The third kappa shape index (κ3) is 5.89. The van der Waals surface area contributed by atoms with Crippen LogP contribution in [-0.2, 0) is 15.8 Å². The molecule has 2 amide bonds. The van der Waals surface area contributed by atoms with Gasteiger partial charge in [-0.05, 0) is 61.0 Å². The fourth-order valence-corrected chi connectivity index (χ4v) is 4.77. The Morgan fingerprint density at radius 1 is 1.10 bits per heavy atom. The molecule has 39 heavy (non-hydrogen) atoms. The van der Waals surface area contributed by atoms with Crippen LogP contribution in [0.3, 0.4) is 0 Å². The fourth-order valence-electron chi connectivity index (χ4n) is 3.79. The van der Waals surface area contributed by atoms with Crippen molar-refractivity contribution in [3.63, 3.8) is 0 Å². The number of benzene rings is 3. The van der Waals surface area contributed by atoms with E-state index in [1.807, 2.05) is 19.1 Å². The van der Waals surface area contributed by atoms with E-state index in [0.717, 1.165) is 35.5 Å². The second-order valence-electron chi connectivity index (χ2n) is 8.54. The molecule has 0 spiro atoms. The van der Waals surface area contributed by atoms with Crippen LogP contribution in [0.25, 0.3) is 6.08 Å². The molecule has 0 saturated heterocycles. The van der Waals surface area contributed by atoms with Gasteiger partial charge in [0, 0.05) is 0 Å². The van der Waals surface area contributed by atoms with Crippen molar-refractivity contribution in [2.24, 2.45) is 4.99 Å². The molecule has 0 atom stereocenters. The minimum atomic E-state index is -4.59. The molecule has 0 unspecified atom stereocenters. The van der Waals surface area contributed by atoms with Crippen LogP contribution >= 0.6 is 23.4 Å². The van der Waals surface area contributed by atoms with Crippen LogP contribution in [0.15, 0.2) is 71.4 Å². The van der Waals surface area contributed by atoms with E-state index in [9.17, 15) is 22.8 Å². The van der Waals surface area contributed by atoms with Gasteiger partial charge in [0.2, 0.25) is 12.7 Å². The number of carbonyl (C=O) groups excluding carboxylic acids is 2. The Morgan fingerprint density at radius 2 is 1.85 bits per heavy atom. The quantitative estimate of drug-likeness (QED) is 0.352. The van der Waals surface area contributed by atoms with Crippen molar-refractivity contribution in [1.82, 2.24) is 0 Å². The highest BCUT2D eigenvalue weighted by atomic mass is 35.5. The van der Waals surface area contributed by atoms with Crippen LogP contribution in [0.1, 0.15) is 16.7 Å². The number of aliphatic imine (C=N–C) groups is 1. The van der Waals surface area contributed by atoms with Gasteiger partial charge in [-0.2, -0.15) is 13.2 Å². The number of nitrogens with zero attached hydrogens (tertiary/aromatic N) is 2. The number of rotatable bonds is 5. The lowest BCUT2D eigenvalue weighted by Gasteiger charge is -2.18. The summed E-state index contributed by atoms with van der Waals surface area (Å²) in [5.41, 5.74) is 1.23. The Kier molecular flexibility index (Phi) is 7.28. The highest BCUT2D eigenvalue weighted by Crippen LogP contribution is 2.36. The summed E-state index contributed by atoms with van der Waals surface area (Å²) in [6.07, 6.45) is -2.99. The molecule has 3 aromatic carbocycles. The summed E-state index contributed by atoms with van der Waals surface area (Å²) < 4.78 is 50.0. The molecule has 0 aliphatic carbocycles. The lowest BCUT2D eigenvalue weighted by molar-refractivity contribution is -0.137. The van der Waals surface area contributed by atoms with E-state index in [2.05, 4.69) is 10.3 Å². The standard InChI is InChI=1S/C27H19ClF3N3O4S/c1-15-2-6-18(7-3-15)34-25(36)21(10-16-4-9-22-23(11-16)38-14-37-22)33-26(34)39-13-24(35)32-20-12-17(27(29,30)31)5-8-19(20)28/h2-12H,13-14H2,1H3,(H,32,35)/b21-10+. The third-order valence-electron chi connectivity index (χ3n) is 5.72. The average molecular weight is 574 g/mol. The first-order chi connectivity index (χ1) is 18.6. The summed E-state index contributed by atoms with van der Waals surface area (Å²) in [7, 11) is 0.